The largest absolute Gasteiger partial charge is 0.328 e. The molecule has 5 nitrogen and oxygen atoms in total. The molecule has 0 bridgehead atoms. The van der Waals surface area contributed by atoms with Crippen LogP contribution in [-0.2, 0) is 14.1 Å². The van der Waals surface area contributed by atoms with E-state index < -0.39 is 0 Å². The summed E-state index contributed by atoms with van der Waals surface area (Å²) in [6.07, 6.45) is 0. The lowest BCUT2D eigenvalue weighted by Crippen LogP contribution is -2.19. The first-order valence-corrected chi connectivity index (χ1v) is 8.19. The number of carbonyl (C=O) groups excluding carboxylic acids is 1. The molecule has 0 fully saturated rings. The summed E-state index contributed by atoms with van der Waals surface area (Å²) in [5.41, 5.74) is 3.95. The smallest absolute Gasteiger partial charge is 0.322 e. The molecule has 0 aliphatic rings. The molecule has 0 aliphatic carbocycles. The quantitative estimate of drug-likeness (QED) is 0.647. The van der Waals surface area contributed by atoms with Gasteiger partial charge in [-0.15, -0.1) is 0 Å². The molecule has 3 aromatic rings. The molecule has 23 heavy (non-hydrogen) atoms. The maximum absolute atomic E-state index is 12.4. The van der Waals surface area contributed by atoms with Crippen molar-refractivity contribution < 1.29 is 4.79 Å². The molecule has 0 spiro atoms. The molecule has 1 aromatic heterocycles. The monoisotopic (exact) mass is 421 g/mol. The van der Waals surface area contributed by atoms with Gasteiger partial charge in [0, 0.05) is 23.4 Å². The fourth-order valence-corrected chi connectivity index (χ4v) is 3.50. The van der Waals surface area contributed by atoms with E-state index in [1.165, 1.54) is 0 Å². The van der Waals surface area contributed by atoms with Crippen LogP contribution >= 0.6 is 22.6 Å². The summed E-state index contributed by atoms with van der Waals surface area (Å²) in [4.78, 5) is 24.4. The van der Waals surface area contributed by atoms with E-state index in [1.807, 2.05) is 37.3 Å². The maximum Gasteiger partial charge on any atom is 0.328 e. The van der Waals surface area contributed by atoms with E-state index in [0.29, 0.717) is 11.3 Å². The van der Waals surface area contributed by atoms with Gasteiger partial charge in [0.2, 0.25) is 0 Å². The van der Waals surface area contributed by atoms with Crippen molar-refractivity contribution in [2.75, 3.05) is 5.32 Å². The fourth-order valence-electron chi connectivity index (χ4n) is 2.59. The Balaban J connectivity index is 1.97. The van der Waals surface area contributed by atoms with E-state index in [1.54, 1.807) is 29.3 Å². The van der Waals surface area contributed by atoms with Crippen molar-refractivity contribution in [1.82, 2.24) is 9.13 Å². The third kappa shape index (κ3) is 2.78. The van der Waals surface area contributed by atoms with Gasteiger partial charge in [0.1, 0.15) is 0 Å². The van der Waals surface area contributed by atoms with Crippen molar-refractivity contribution in [3.05, 3.63) is 61.6 Å². The minimum atomic E-state index is -0.158. The van der Waals surface area contributed by atoms with E-state index in [4.69, 9.17) is 0 Å². The average molecular weight is 421 g/mol. The van der Waals surface area contributed by atoms with Gasteiger partial charge in [-0.05, 0) is 59.8 Å². The average Bonchev–Trinajstić information content (AvgIpc) is 2.72. The molecule has 1 amide bonds. The molecule has 2 aromatic carbocycles. The van der Waals surface area contributed by atoms with E-state index in [2.05, 4.69) is 27.9 Å². The van der Waals surface area contributed by atoms with Gasteiger partial charge in [-0.25, -0.2) is 4.79 Å². The molecule has 6 heteroatoms. The second kappa shape index (κ2) is 5.84. The highest BCUT2D eigenvalue weighted by Crippen LogP contribution is 2.20. The summed E-state index contributed by atoms with van der Waals surface area (Å²) in [5.74, 6) is -0.158. The second-order valence-corrected chi connectivity index (χ2v) is 6.70. The number of aryl methyl sites for hydroxylation is 3. The van der Waals surface area contributed by atoms with Crippen LogP contribution in [0.1, 0.15) is 15.9 Å². The van der Waals surface area contributed by atoms with Gasteiger partial charge >= 0.3 is 5.69 Å². The maximum atomic E-state index is 12.4. The molecular formula is C17H16IN3O2. The molecule has 0 radical (unpaired) electrons. The highest BCUT2D eigenvalue weighted by Gasteiger charge is 2.12. The first-order chi connectivity index (χ1) is 10.9. The molecule has 118 valence electrons. The van der Waals surface area contributed by atoms with Crippen LogP contribution in [0.5, 0.6) is 0 Å². The first-order valence-electron chi connectivity index (χ1n) is 7.11. The Morgan fingerprint density at radius 2 is 1.74 bits per heavy atom. The molecule has 0 saturated carbocycles. The summed E-state index contributed by atoms with van der Waals surface area (Å²) in [6, 6.07) is 11.2. The number of rotatable bonds is 2. The van der Waals surface area contributed by atoms with Crippen LogP contribution in [0.3, 0.4) is 0 Å². The Labute approximate surface area is 147 Å². The van der Waals surface area contributed by atoms with Crippen molar-refractivity contribution in [1.29, 1.82) is 0 Å². The first kappa shape index (κ1) is 15.8. The summed E-state index contributed by atoms with van der Waals surface area (Å²) in [5, 5.41) is 2.90. The number of aromatic nitrogens is 2. The molecule has 0 saturated heterocycles. The molecule has 0 aliphatic heterocycles. The molecule has 1 heterocycles. The highest BCUT2D eigenvalue weighted by molar-refractivity contribution is 14.1. The van der Waals surface area contributed by atoms with Gasteiger partial charge in [-0.2, -0.15) is 0 Å². The van der Waals surface area contributed by atoms with Crippen LogP contribution in [-0.4, -0.2) is 15.0 Å². The van der Waals surface area contributed by atoms with E-state index >= 15 is 0 Å². The Bertz CT molecular complexity index is 985. The predicted molar refractivity (Wildman–Crippen MR) is 100 cm³/mol. The summed E-state index contributed by atoms with van der Waals surface area (Å²) >= 11 is 2.16. The lowest BCUT2D eigenvalue weighted by molar-refractivity contribution is 0.102. The van der Waals surface area contributed by atoms with Crippen molar-refractivity contribution in [3.8, 4) is 0 Å². The number of hydrogen-bond donors (Lipinski definition) is 1. The van der Waals surface area contributed by atoms with Gasteiger partial charge < -0.3 is 5.32 Å². The topological polar surface area (TPSA) is 56.0 Å². The van der Waals surface area contributed by atoms with Gasteiger partial charge in [0.25, 0.3) is 5.91 Å². The number of anilines is 1. The van der Waals surface area contributed by atoms with E-state index in [9.17, 15) is 9.59 Å². The van der Waals surface area contributed by atoms with Crippen molar-refractivity contribution in [2.45, 2.75) is 6.92 Å². The minimum absolute atomic E-state index is 0.0865. The minimum Gasteiger partial charge on any atom is -0.322 e. The number of carbonyl (C=O) groups is 1. The number of nitrogens with one attached hydrogen (secondary N) is 1. The second-order valence-electron chi connectivity index (χ2n) is 5.54. The number of halogens is 1. The Morgan fingerprint density at radius 1 is 1.04 bits per heavy atom. The van der Waals surface area contributed by atoms with Crippen LogP contribution in [0.4, 0.5) is 5.69 Å². The fraction of sp³-hybridized carbons (Fsp3) is 0.176. The number of amides is 1. The zero-order valence-electron chi connectivity index (χ0n) is 13.1. The van der Waals surface area contributed by atoms with Gasteiger partial charge in [-0.3, -0.25) is 13.9 Å². The van der Waals surface area contributed by atoms with Gasteiger partial charge in [0.05, 0.1) is 16.6 Å². The Hall–Kier alpha value is -2.09. The predicted octanol–water partition coefficient (Wildman–Crippen LogP) is 3.04. The SMILES string of the molecule is Cc1ccc(C(=O)Nc2ccc3c(c2)n(C)c(=O)n3C)c(I)c1. The highest BCUT2D eigenvalue weighted by atomic mass is 127. The summed E-state index contributed by atoms with van der Waals surface area (Å²) < 4.78 is 4.07. The molecular weight excluding hydrogens is 405 g/mol. The number of benzene rings is 2. The zero-order valence-corrected chi connectivity index (χ0v) is 15.2. The normalized spacial score (nSPS) is 11.0. The third-order valence-electron chi connectivity index (χ3n) is 3.90. The number of fused-ring (bicyclic) bond motifs is 1. The van der Waals surface area contributed by atoms with Crippen molar-refractivity contribution >= 4 is 45.2 Å². The van der Waals surface area contributed by atoms with Crippen LogP contribution in [0, 0.1) is 10.5 Å². The van der Waals surface area contributed by atoms with Crippen LogP contribution in [0.15, 0.2) is 41.2 Å². The standard InChI is InChI=1S/C17H16IN3O2/c1-10-4-6-12(13(18)8-10)16(22)19-11-5-7-14-15(9-11)21(3)17(23)20(14)2/h4-9H,1-3H3,(H,19,22). The Kier molecular flexibility index (Phi) is 4.01. The van der Waals surface area contributed by atoms with E-state index in [-0.39, 0.29) is 11.6 Å². The van der Waals surface area contributed by atoms with Crippen LogP contribution in [0.25, 0.3) is 11.0 Å². The lowest BCUT2D eigenvalue weighted by atomic mass is 10.1. The number of hydrogen-bond acceptors (Lipinski definition) is 2. The zero-order chi connectivity index (χ0) is 16.7. The van der Waals surface area contributed by atoms with Crippen molar-refractivity contribution in [3.63, 3.8) is 0 Å². The van der Waals surface area contributed by atoms with Gasteiger partial charge in [0.15, 0.2) is 0 Å². The third-order valence-corrected chi connectivity index (χ3v) is 4.79. The Morgan fingerprint density at radius 3 is 2.43 bits per heavy atom. The lowest BCUT2D eigenvalue weighted by Gasteiger charge is -2.08. The van der Waals surface area contributed by atoms with Crippen LogP contribution in [0.2, 0.25) is 0 Å². The summed E-state index contributed by atoms with van der Waals surface area (Å²) in [6.45, 7) is 1.99. The molecule has 0 unspecified atom stereocenters. The van der Waals surface area contributed by atoms with Gasteiger partial charge in [-0.1, -0.05) is 11.6 Å². The summed E-state index contributed by atoms with van der Waals surface area (Å²) in [7, 11) is 3.46. The molecule has 3 rings (SSSR count). The van der Waals surface area contributed by atoms with Crippen molar-refractivity contribution in [2.24, 2.45) is 14.1 Å². The number of nitrogens with zero attached hydrogens (tertiary/aromatic N) is 2. The molecule has 0 atom stereocenters. The molecule has 1 N–H and O–H groups in total. The van der Waals surface area contributed by atoms with Crippen LogP contribution < -0.4 is 11.0 Å². The number of imidazole rings is 1. The van der Waals surface area contributed by atoms with E-state index in [0.717, 1.165) is 20.2 Å².